The Labute approximate surface area is 215 Å². The van der Waals surface area contributed by atoms with Crippen molar-refractivity contribution < 1.29 is 28.6 Å². The van der Waals surface area contributed by atoms with Crippen molar-refractivity contribution in [3.8, 4) is 0 Å². The number of nitrogens with zero attached hydrogens (tertiary/aromatic N) is 1. The van der Waals surface area contributed by atoms with Gasteiger partial charge in [-0.1, -0.05) is 51.1 Å². The first-order valence-electron chi connectivity index (χ1n) is 12.1. The van der Waals surface area contributed by atoms with Crippen molar-refractivity contribution >= 4 is 20.4 Å². The Balaban J connectivity index is 1.88. The summed E-state index contributed by atoms with van der Waals surface area (Å²) in [6.45, 7) is 10.3. The molecule has 0 spiro atoms. The molecule has 0 bridgehead atoms. The van der Waals surface area contributed by atoms with Crippen molar-refractivity contribution in [2.45, 2.75) is 70.4 Å². The number of carboxylic acids is 1. The van der Waals surface area contributed by atoms with Crippen LogP contribution < -0.4 is 16.6 Å². The monoisotopic (exact) mass is 533 g/mol. The molecule has 1 aliphatic heterocycles. The van der Waals surface area contributed by atoms with E-state index in [1.54, 1.807) is 0 Å². The van der Waals surface area contributed by atoms with Gasteiger partial charge in [0, 0.05) is 24.7 Å². The van der Waals surface area contributed by atoms with E-state index >= 15 is 0 Å². The number of H-pyrrole nitrogens is 1. The Bertz CT molecular complexity index is 1200. The zero-order valence-electron chi connectivity index (χ0n) is 21.7. The predicted octanol–water partition coefficient (Wildman–Crippen LogP) is 2.84. The molecule has 11 nitrogen and oxygen atoms in total. The lowest BCUT2D eigenvalue weighted by Crippen LogP contribution is -2.50. The van der Waals surface area contributed by atoms with Crippen LogP contribution in [0, 0.1) is 5.92 Å². The van der Waals surface area contributed by atoms with Crippen molar-refractivity contribution in [2.24, 2.45) is 5.92 Å². The lowest BCUT2D eigenvalue weighted by atomic mass is 9.95. The van der Waals surface area contributed by atoms with Crippen molar-refractivity contribution in [2.75, 3.05) is 6.54 Å². The molecule has 2 heterocycles. The Morgan fingerprint density at radius 3 is 2.43 bits per heavy atom. The summed E-state index contributed by atoms with van der Waals surface area (Å²) >= 11 is 0. The highest BCUT2D eigenvalue weighted by Gasteiger charge is 2.51. The van der Waals surface area contributed by atoms with Crippen molar-refractivity contribution in [3.63, 3.8) is 0 Å². The fourth-order valence-corrected chi connectivity index (χ4v) is 5.21. The molecule has 0 saturated carbocycles. The van der Waals surface area contributed by atoms with Crippen LogP contribution in [0.4, 0.5) is 4.79 Å². The second-order valence-electron chi connectivity index (χ2n) is 10.6. The molecular weight excluding hydrogens is 498 g/mol. The van der Waals surface area contributed by atoms with E-state index in [9.17, 15) is 24.3 Å². The highest BCUT2D eigenvalue weighted by atomic mass is 28.4. The Morgan fingerprint density at radius 2 is 1.84 bits per heavy atom. The van der Waals surface area contributed by atoms with E-state index < -0.39 is 56.0 Å². The fraction of sp³-hybridized carbons (Fsp3) is 0.520. The summed E-state index contributed by atoms with van der Waals surface area (Å²) in [5.41, 5.74) is -0.448. The standard InChI is InChI=1S/C25H35N3O8Si/c1-25(2,3)37(4,5)36-21-17(14-26-24(33)34-15-16-9-7-6-8-10-16)18(13-20(30)31)35-22(21)28-12-11-19(29)27-23(28)32/h6-12,17-18,21-22H,13-15H2,1-5H3,(H,26,33)(H,30,31)(H,27,29,32)/t17-,18-,21-,22-/m1/s1. The third kappa shape index (κ3) is 7.18. The van der Waals surface area contributed by atoms with Crippen LogP contribution in [-0.4, -0.2) is 53.8 Å². The number of carbonyl (C=O) groups excluding carboxylic acids is 1. The molecule has 202 valence electrons. The van der Waals surface area contributed by atoms with Crippen LogP contribution in [0.5, 0.6) is 0 Å². The molecular formula is C25H35N3O8Si. The summed E-state index contributed by atoms with van der Waals surface area (Å²) in [4.78, 5) is 50.6. The van der Waals surface area contributed by atoms with E-state index in [1.807, 2.05) is 43.4 Å². The molecule has 0 unspecified atom stereocenters. The number of aromatic amines is 1. The number of rotatable bonds is 9. The molecule has 3 N–H and O–H groups in total. The minimum Gasteiger partial charge on any atom is -0.481 e. The van der Waals surface area contributed by atoms with E-state index in [4.69, 9.17) is 13.9 Å². The van der Waals surface area contributed by atoms with E-state index in [2.05, 4.69) is 31.1 Å². The summed E-state index contributed by atoms with van der Waals surface area (Å²) in [5.74, 6) is -1.71. The minimum absolute atomic E-state index is 0.000533. The molecule has 1 saturated heterocycles. The van der Waals surface area contributed by atoms with E-state index in [0.29, 0.717) is 0 Å². The number of benzene rings is 1. The number of hydrogen-bond acceptors (Lipinski definition) is 7. The van der Waals surface area contributed by atoms with Gasteiger partial charge in [0.1, 0.15) is 6.61 Å². The first kappa shape index (κ1) is 28.3. The number of carboxylic acid groups (broad SMARTS) is 1. The number of ether oxygens (including phenoxy) is 2. The van der Waals surface area contributed by atoms with Gasteiger partial charge in [-0.2, -0.15) is 0 Å². The van der Waals surface area contributed by atoms with Crippen LogP contribution in [0.25, 0.3) is 0 Å². The molecule has 3 rings (SSSR count). The van der Waals surface area contributed by atoms with Gasteiger partial charge in [-0.15, -0.1) is 0 Å². The van der Waals surface area contributed by atoms with Gasteiger partial charge in [0.05, 0.1) is 18.6 Å². The molecule has 0 radical (unpaired) electrons. The number of alkyl carbamates (subject to hydrolysis) is 1. The van der Waals surface area contributed by atoms with Gasteiger partial charge in [0.2, 0.25) is 0 Å². The topological polar surface area (TPSA) is 149 Å². The lowest BCUT2D eigenvalue weighted by Gasteiger charge is -2.40. The predicted molar refractivity (Wildman–Crippen MR) is 138 cm³/mol. The number of aliphatic carboxylic acids is 1. The zero-order chi connectivity index (χ0) is 27.4. The Hall–Kier alpha value is -3.22. The van der Waals surface area contributed by atoms with Crippen LogP contribution in [-0.2, 0) is 25.3 Å². The maximum Gasteiger partial charge on any atom is 0.407 e. The number of amides is 1. The van der Waals surface area contributed by atoms with Crippen LogP contribution >= 0.6 is 0 Å². The summed E-state index contributed by atoms with van der Waals surface area (Å²) in [6.07, 6.45) is -2.38. The van der Waals surface area contributed by atoms with Gasteiger partial charge in [-0.05, 0) is 23.7 Å². The average Bonchev–Trinajstić information content (AvgIpc) is 3.11. The lowest BCUT2D eigenvalue weighted by molar-refractivity contribution is -0.141. The van der Waals surface area contributed by atoms with Crippen LogP contribution in [0.2, 0.25) is 18.1 Å². The SMILES string of the molecule is CC(C)(C)[Si](C)(C)O[C@@H]1[C@H](CNC(=O)OCc2ccccc2)[C@@H](CC(=O)O)O[C@H]1n1ccc(=O)[nH]c1=O. The second-order valence-corrected chi connectivity index (χ2v) is 15.4. The van der Waals surface area contributed by atoms with Gasteiger partial charge in [-0.25, -0.2) is 9.59 Å². The van der Waals surface area contributed by atoms with Crippen LogP contribution in [0.1, 0.15) is 39.0 Å². The van der Waals surface area contributed by atoms with Crippen LogP contribution in [0.3, 0.4) is 0 Å². The Kier molecular flexibility index (Phi) is 8.77. The van der Waals surface area contributed by atoms with E-state index in [0.717, 1.165) is 5.56 Å². The molecule has 37 heavy (non-hydrogen) atoms. The smallest absolute Gasteiger partial charge is 0.407 e. The third-order valence-corrected chi connectivity index (χ3v) is 11.4. The highest BCUT2D eigenvalue weighted by molar-refractivity contribution is 6.74. The number of nitrogens with one attached hydrogen (secondary N) is 2. The van der Waals surface area contributed by atoms with Gasteiger partial charge in [0.25, 0.3) is 5.56 Å². The molecule has 1 aromatic heterocycles. The number of hydrogen-bond donors (Lipinski definition) is 3. The molecule has 1 fully saturated rings. The first-order chi connectivity index (χ1) is 17.3. The largest absolute Gasteiger partial charge is 0.481 e. The molecule has 1 aliphatic rings. The van der Waals surface area contributed by atoms with E-state index in [1.165, 1.54) is 16.8 Å². The number of aromatic nitrogens is 2. The highest BCUT2D eigenvalue weighted by Crippen LogP contribution is 2.44. The second kappa shape index (κ2) is 11.4. The molecule has 1 amide bonds. The van der Waals surface area contributed by atoms with Crippen molar-refractivity contribution in [3.05, 3.63) is 69.0 Å². The molecule has 12 heteroatoms. The Morgan fingerprint density at radius 1 is 1.16 bits per heavy atom. The van der Waals surface area contributed by atoms with E-state index in [-0.39, 0.29) is 24.6 Å². The van der Waals surface area contributed by atoms with Gasteiger partial charge < -0.3 is 24.3 Å². The van der Waals surface area contributed by atoms with Crippen molar-refractivity contribution in [1.29, 1.82) is 0 Å². The molecule has 1 aromatic carbocycles. The van der Waals surface area contributed by atoms with Gasteiger partial charge in [-0.3, -0.25) is 19.1 Å². The third-order valence-electron chi connectivity index (χ3n) is 6.93. The molecule has 0 aliphatic carbocycles. The van der Waals surface area contributed by atoms with Gasteiger partial charge in [0.15, 0.2) is 14.5 Å². The minimum atomic E-state index is -2.46. The summed E-state index contributed by atoms with van der Waals surface area (Å²) in [7, 11) is -2.46. The summed E-state index contributed by atoms with van der Waals surface area (Å²) in [5, 5.41) is 12.0. The molecule has 4 atom stereocenters. The maximum absolute atomic E-state index is 12.6. The number of carbonyl (C=O) groups is 2. The normalized spacial score (nSPS) is 22.0. The zero-order valence-corrected chi connectivity index (χ0v) is 22.7. The van der Waals surface area contributed by atoms with Crippen molar-refractivity contribution in [1.82, 2.24) is 14.9 Å². The quantitative estimate of drug-likeness (QED) is 0.417. The average molecular weight is 534 g/mol. The fourth-order valence-electron chi connectivity index (χ4n) is 3.89. The summed E-state index contributed by atoms with van der Waals surface area (Å²) in [6, 6.07) is 10.4. The summed E-state index contributed by atoms with van der Waals surface area (Å²) < 4.78 is 19.3. The van der Waals surface area contributed by atoms with Gasteiger partial charge >= 0.3 is 17.8 Å². The first-order valence-corrected chi connectivity index (χ1v) is 15.0. The molecule has 2 aromatic rings. The maximum atomic E-state index is 12.6. The van der Waals surface area contributed by atoms with Crippen LogP contribution in [0.15, 0.2) is 52.2 Å².